The van der Waals surface area contributed by atoms with Crippen molar-refractivity contribution in [2.75, 3.05) is 10.6 Å². The molecule has 16 heavy (non-hydrogen) atoms. The van der Waals surface area contributed by atoms with Crippen molar-refractivity contribution in [3.8, 4) is 0 Å². The van der Waals surface area contributed by atoms with Crippen molar-refractivity contribution in [3.05, 3.63) is 17.3 Å². The van der Waals surface area contributed by atoms with Gasteiger partial charge in [0.05, 0.1) is 5.69 Å². The molecule has 4 nitrogen and oxygen atoms in total. The van der Waals surface area contributed by atoms with Gasteiger partial charge in [0.15, 0.2) is 5.82 Å². The lowest BCUT2D eigenvalue weighted by molar-refractivity contribution is -0.116. The third-order valence-electron chi connectivity index (χ3n) is 3.05. The average Bonchev–Trinajstić information content (AvgIpc) is 3.02. The molecule has 2 N–H and O–H groups in total. The fraction of sp³-hybridized carbons (Fsp3) is 0.455. The molecule has 0 spiro atoms. The highest BCUT2D eigenvalue weighted by molar-refractivity contribution is 6.29. The molecule has 1 fully saturated rings. The summed E-state index contributed by atoms with van der Waals surface area (Å²) < 4.78 is 0. The zero-order valence-electron chi connectivity index (χ0n) is 8.66. The van der Waals surface area contributed by atoms with Crippen LogP contribution in [0.3, 0.4) is 0 Å². The molecule has 1 aliphatic carbocycles. The molecule has 1 atom stereocenters. The van der Waals surface area contributed by atoms with E-state index in [4.69, 9.17) is 11.6 Å². The van der Waals surface area contributed by atoms with Gasteiger partial charge < -0.3 is 10.6 Å². The maximum atomic E-state index is 11.7. The predicted molar refractivity (Wildman–Crippen MR) is 62.6 cm³/mol. The second-order valence-electron chi connectivity index (χ2n) is 4.37. The van der Waals surface area contributed by atoms with E-state index in [0.717, 1.165) is 5.69 Å². The van der Waals surface area contributed by atoms with E-state index in [-0.39, 0.29) is 11.9 Å². The fourth-order valence-electron chi connectivity index (χ4n) is 2.06. The summed E-state index contributed by atoms with van der Waals surface area (Å²) in [6.45, 7) is 0. The summed E-state index contributed by atoms with van der Waals surface area (Å²) in [6, 6.07) is 3.66. The van der Waals surface area contributed by atoms with Gasteiger partial charge in [-0.25, -0.2) is 4.98 Å². The van der Waals surface area contributed by atoms with Gasteiger partial charge >= 0.3 is 0 Å². The lowest BCUT2D eigenvalue weighted by Crippen LogP contribution is -2.24. The molecule has 2 heterocycles. The highest BCUT2D eigenvalue weighted by atomic mass is 35.5. The van der Waals surface area contributed by atoms with E-state index < -0.39 is 0 Å². The number of halogens is 1. The number of carbonyl (C=O) groups excluding carboxylic acids is 1. The molecule has 1 aliphatic heterocycles. The monoisotopic (exact) mass is 237 g/mol. The summed E-state index contributed by atoms with van der Waals surface area (Å²) in [5.41, 5.74) is 0.720. The number of carbonyl (C=O) groups is 1. The lowest BCUT2D eigenvalue weighted by Gasteiger charge is -2.14. The number of rotatable bonds is 1. The summed E-state index contributed by atoms with van der Waals surface area (Å²) in [4.78, 5) is 15.9. The third kappa shape index (κ3) is 1.85. The molecule has 1 aromatic heterocycles. The van der Waals surface area contributed by atoms with Crippen LogP contribution >= 0.6 is 11.6 Å². The van der Waals surface area contributed by atoms with E-state index in [0.29, 0.717) is 23.3 Å². The standard InChI is InChI=1S/C11H12ClN3O/c12-9-4-3-7-11(15-9)14-8(6-1-2-6)5-10(16)13-7/h3-4,6,8H,1-2,5H2,(H,13,16)(H,14,15). The van der Waals surface area contributed by atoms with Crippen molar-refractivity contribution < 1.29 is 4.79 Å². The van der Waals surface area contributed by atoms with Crippen LogP contribution < -0.4 is 10.6 Å². The Bertz CT molecular complexity index is 445. The zero-order valence-corrected chi connectivity index (χ0v) is 9.42. The molecule has 0 aromatic carbocycles. The predicted octanol–water partition coefficient (Wildman–Crippen LogP) is 2.27. The van der Waals surface area contributed by atoms with Crippen molar-refractivity contribution >= 4 is 29.0 Å². The van der Waals surface area contributed by atoms with Crippen LogP contribution in [-0.2, 0) is 4.79 Å². The number of nitrogens with zero attached hydrogens (tertiary/aromatic N) is 1. The molecule has 0 radical (unpaired) electrons. The Hall–Kier alpha value is -1.29. The SMILES string of the molecule is O=C1CC(C2CC2)Nc2nc(Cl)ccc2N1. The minimum atomic E-state index is 0.0484. The minimum Gasteiger partial charge on any atom is -0.365 e. The topological polar surface area (TPSA) is 54.0 Å². The van der Waals surface area contributed by atoms with Gasteiger partial charge in [-0.3, -0.25) is 4.79 Å². The van der Waals surface area contributed by atoms with Crippen molar-refractivity contribution in [3.63, 3.8) is 0 Å². The van der Waals surface area contributed by atoms with Crippen molar-refractivity contribution in [2.24, 2.45) is 5.92 Å². The Balaban J connectivity index is 1.95. The summed E-state index contributed by atoms with van der Waals surface area (Å²) in [5.74, 6) is 1.35. The molecule has 3 rings (SSSR count). The number of anilines is 2. The highest BCUT2D eigenvalue weighted by Gasteiger charge is 2.34. The van der Waals surface area contributed by atoms with Crippen LogP contribution in [0.1, 0.15) is 19.3 Å². The number of pyridine rings is 1. The smallest absolute Gasteiger partial charge is 0.226 e. The van der Waals surface area contributed by atoms with Crippen LogP contribution in [0.2, 0.25) is 5.15 Å². The van der Waals surface area contributed by atoms with Crippen molar-refractivity contribution in [1.82, 2.24) is 4.98 Å². The van der Waals surface area contributed by atoms with Gasteiger partial charge in [0.1, 0.15) is 5.15 Å². The van der Waals surface area contributed by atoms with Crippen LogP contribution in [0, 0.1) is 5.92 Å². The third-order valence-corrected chi connectivity index (χ3v) is 3.26. The normalized spacial score (nSPS) is 24.1. The van der Waals surface area contributed by atoms with E-state index in [1.807, 2.05) is 0 Å². The van der Waals surface area contributed by atoms with E-state index in [1.165, 1.54) is 12.8 Å². The number of aromatic nitrogens is 1. The maximum Gasteiger partial charge on any atom is 0.226 e. The second-order valence-corrected chi connectivity index (χ2v) is 4.76. The van der Waals surface area contributed by atoms with Crippen LogP contribution in [-0.4, -0.2) is 16.9 Å². The number of hydrogen-bond donors (Lipinski definition) is 2. The van der Waals surface area contributed by atoms with Gasteiger partial charge in [-0.05, 0) is 30.9 Å². The molecular formula is C11H12ClN3O. The van der Waals surface area contributed by atoms with Crippen LogP contribution in [0.25, 0.3) is 0 Å². The maximum absolute atomic E-state index is 11.7. The Morgan fingerprint density at radius 2 is 2.19 bits per heavy atom. The van der Waals surface area contributed by atoms with Crippen LogP contribution in [0.5, 0.6) is 0 Å². The average molecular weight is 238 g/mol. The van der Waals surface area contributed by atoms with Gasteiger partial charge in [0, 0.05) is 12.5 Å². The first kappa shape index (κ1) is 9.90. The molecule has 5 heteroatoms. The minimum absolute atomic E-state index is 0.0484. The van der Waals surface area contributed by atoms with Crippen molar-refractivity contribution in [1.29, 1.82) is 0 Å². The summed E-state index contributed by atoms with van der Waals surface area (Å²) in [5, 5.41) is 6.60. The number of hydrogen-bond acceptors (Lipinski definition) is 3. The van der Waals surface area contributed by atoms with E-state index in [2.05, 4.69) is 15.6 Å². The number of fused-ring (bicyclic) bond motifs is 1. The number of amides is 1. The highest BCUT2D eigenvalue weighted by Crippen LogP contribution is 2.38. The molecular weight excluding hydrogens is 226 g/mol. The Labute approximate surface area is 98.4 Å². The molecule has 2 aliphatic rings. The first-order valence-corrected chi connectivity index (χ1v) is 5.83. The zero-order chi connectivity index (χ0) is 11.1. The largest absolute Gasteiger partial charge is 0.365 e. The van der Waals surface area contributed by atoms with E-state index in [1.54, 1.807) is 12.1 Å². The molecule has 1 unspecified atom stereocenters. The van der Waals surface area contributed by atoms with E-state index >= 15 is 0 Å². The molecule has 1 saturated carbocycles. The van der Waals surface area contributed by atoms with Gasteiger partial charge in [-0.15, -0.1) is 0 Å². The molecule has 84 valence electrons. The Kier molecular flexibility index (Phi) is 2.24. The molecule has 1 amide bonds. The van der Waals surface area contributed by atoms with Crippen LogP contribution in [0.15, 0.2) is 12.1 Å². The first-order chi connectivity index (χ1) is 7.72. The molecule has 0 bridgehead atoms. The van der Waals surface area contributed by atoms with Gasteiger partial charge in [-0.2, -0.15) is 0 Å². The lowest BCUT2D eigenvalue weighted by atomic mass is 10.1. The van der Waals surface area contributed by atoms with Crippen LogP contribution in [0.4, 0.5) is 11.5 Å². The summed E-state index contributed by atoms with van der Waals surface area (Å²) >= 11 is 5.85. The summed E-state index contributed by atoms with van der Waals surface area (Å²) in [7, 11) is 0. The first-order valence-electron chi connectivity index (χ1n) is 5.45. The fourth-order valence-corrected chi connectivity index (χ4v) is 2.20. The van der Waals surface area contributed by atoms with Gasteiger partial charge in [-0.1, -0.05) is 11.6 Å². The van der Waals surface area contributed by atoms with Gasteiger partial charge in [0.25, 0.3) is 0 Å². The quantitative estimate of drug-likeness (QED) is 0.737. The number of nitrogens with one attached hydrogen (secondary N) is 2. The van der Waals surface area contributed by atoms with Crippen molar-refractivity contribution in [2.45, 2.75) is 25.3 Å². The molecule has 0 saturated heterocycles. The Morgan fingerprint density at radius 3 is 2.94 bits per heavy atom. The summed E-state index contributed by atoms with van der Waals surface area (Å²) in [6.07, 6.45) is 2.90. The Morgan fingerprint density at radius 1 is 1.38 bits per heavy atom. The van der Waals surface area contributed by atoms with E-state index in [9.17, 15) is 4.79 Å². The molecule has 1 aromatic rings. The van der Waals surface area contributed by atoms with Gasteiger partial charge in [0.2, 0.25) is 5.91 Å². The second kappa shape index (κ2) is 3.63.